The zero-order valence-electron chi connectivity index (χ0n) is 14.6. The van der Waals surface area contributed by atoms with Gasteiger partial charge in [-0.15, -0.1) is 0 Å². The molecule has 0 spiro atoms. The van der Waals surface area contributed by atoms with Crippen molar-refractivity contribution in [2.45, 2.75) is 24.9 Å². The molecule has 0 amide bonds. The summed E-state index contributed by atoms with van der Waals surface area (Å²) in [4.78, 5) is 14.6. The summed E-state index contributed by atoms with van der Waals surface area (Å²) in [5, 5.41) is 20.5. The van der Waals surface area contributed by atoms with Gasteiger partial charge < -0.3 is 4.90 Å². The largest absolute Gasteiger partial charge is 0.357 e. The fraction of sp³-hybridized carbons (Fsp3) is 0.227. The second-order valence-corrected chi connectivity index (χ2v) is 8.22. The minimum Gasteiger partial charge on any atom is -0.357 e. The van der Waals surface area contributed by atoms with E-state index in [0.29, 0.717) is 0 Å². The van der Waals surface area contributed by atoms with Gasteiger partial charge in [-0.2, -0.15) is 10.5 Å². The van der Waals surface area contributed by atoms with Gasteiger partial charge in [0.15, 0.2) is 11.2 Å². The molecule has 132 valence electrons. The molecule has 2 aliphatic heterocycles. The highest BCUT2D eigenvalue weighted by molar-refractivity contribution is 14.1. The third-order valence-corrected chi connectivity index (χ3v) is 6.24. The van der Waals surface area contributed by atoms with E-state index in [1.165, 1.54) is 0 Å². The van der Waals surface area contributed by atoms with Crippen molar-refractivity contribution in [3.63, 3.8) is 0 Å². The molecule has 0 saturated carbocycles. The van der Waals surface area contributed by atoms with Gasteiger partial charge in [-0.05, 0) is 64.4 Å². The summed E-state index contributed by atoms with van der Waals surface area (Å²) in [5.41, 5.74) is 1.40. The maximum Gasteiger partial charge on any atom is 0.177 e. The number of carbonyl (C=O) groups is 1. The minimum atomic E-state index is -1.36. The maximum atomic E-state index is 12.7. The molecule has 4 rings (SSSR count). The van der Waals surface area contributed by atoms with Crippen molar-refractivity contribution < 1.29 is 4.79 Å². The molecule has 0 unspecified atom stereocenters. The molecule has 2 aromatic rings. The second kappa shape index (κ2) is 6.51. The van der Waals surface area contributed by atoms with E-state index in [-0.39, 0.29) is 5.78 Å². The number of halogens is 1. The number of Topliss-reactive ketones (excluding diaryl/α,β-unsaturated/α-hetero) is 1. The molecule has 0 N–H and O–H groups in total. The van der Waals surface area contributed by atoms with E-state index in [1.807, 2.05) is 65.7 Å². The van der Waals surface area contributed by atoms with Crippen LogP contribution in [0.1, 0.15) is 35.6 Å². The molecule has 4 nitrogen and oxygen atoms in total. The van der Waals surface area contributed by atoms with Crippen LogP contribution in [-0.4, -0.2) is 16.7 Å². The lowest BCUT2D eigenvalue weighted by Gasteiger charge is -2.34. The average molecular weight is 465 g/mol. The average Bonchev–Trinajstić information content (AvgIpc) is 2.99. The number of ketones is 1. The van der Waals surface area contributed by atoms with Crippen molar-refractivity contribution in [3.8, 4) is 12.1 Å². The highest BCUT2D eigenvalue weighted by Crippen LogP contribution is 2.59. The lowest BCUT2D eigenvalue weighted by atomic mass is 9.68. The van der Waals surface area contributed by atoms with Crippen LogP contribution in [0.4, 0.5) is 0 Å². The Balaban J connectivity index is 2.02. The molecule has 5 heteroatoms. The number of hydrogen-bond donors (Lipinski definition) is 0. The Morgan fingerprint density at radius 2 is 1.89 bits per heavy atom. The number of nitriles is 2. The molecule has 27 heavy (non-hydrogen) atoms. The highest BCUT2D eigenvalue weighted by atomic mass is 127. The van der Waals surface area contributed by atoms with E-state index in [1.54, 1.807) is 6.92 Å². The molecule has 0 aromatic heterocycles. The Labute approximate surface area is 171 Å². The Morgan fingerprint density at radius 3 is 2.56 bits per heavy atom. The fourth-order valence-electron chi connectivity index (χ4n) is 4.53. The summed E-state index contributed by atoms with van der Waals surface area (Å²) < 4.78 is 1.01. The molecule has 2 heterocycles. The van der Waals surface area contributed by atoms with Crippen molar-refractivity contribution in [2.24, 2.45) is 5.41 Å². The predicted octanol–water partition coefficient (Wildman–Crippen LogP) is 4.41. The Morgan fingerprint density at radius 1 is 1.15 bits per heavy atom. The van der Waals surface area contributed by atoms with Gasteiger partial charge in [0.05, 0.1) is 24.2 Å². The van der Waals surface area contributed by atoms with Crippen molar-refractivity contribution in [1.82, 2.24) is 4.90 Å². The van der Waals surface area contributed by atoms with Crippen molar-refractivity contribution in [1.29, 1.82) is 10.5 Å². The molecular formula is C22H16IN3O. The quantitative estimate of drug-likeness (QED) is 0.617. The van der Waals surface area contributed by atoms with Gasteiger partial charge in [0.25, 0.3) is 0 Å². The van der Waals surface area contributed by atoms with E-state index in [0.717, 1.165) is 20.3 Å². The molecule has 1 fully saturated rings. The number of benzene rings is 2. The van der Waals surface area contributed by atoms with Crippen LogP contribution in [0, 0.1) is 31.6 Å². The molecular weight excluding hydrogens is 449 g/mol. The second-order valence-electron chi connectivity index (χ2n) is 6.98. The van der Waals surface area contributed by atoms with Crippen molar-refractivity contribution in [3.05, 3.63) is 75.0 Å². The molecule has 3 atom stereocenters. The van der Waals surface area contributed by atoms with Crippen LogP contribution in [0.15, 0.2) is 54.7 Å². The number of nitrogens with zero attached hydrogens (tertiary/aromatic N) is 3. The molecule has 0 aliphatic carbocycles. The van der Waals surface area contributed by atoms with E-state index < -0.39 is 23.4 Å². The molecule has 0 radical (unpaired) electrons. The lowest BCUT2D eigenvalue weighted by molar-refractivity contribution is -0.121. The van der Waals surface area contributed by atoms with Gasteiger partial charge in [0.2, 0.25) is 0 Å². The summed E-state index contributed by atoms with van der Waals surface area (Å²) in [7, 11) is 0. The predicted molar refractivity (Wildman–Crippen MR) is 110 cm³/mol. The van der Waals surface area contributed by atoms with Gasteiger partial charge in [-0.1, -0.05) is 36.4 Å². The molecule has 0 bridgehead atoms. The van der Waals surface area contributed by atoms with Crippen LogP contribution in [0.2, 0.25) is 0 Å². The van der Waals surface area contributed by atoms with Gasteiger partial charge >= 0.3 is 0 Å². The van der Waals surface area contributed by atoms with E-state index in [2.05, 4.69) is 34.7 Å². The fourth-order valence-corrected chi connectivity index (χ4v) is 5.09. The van der Waals surface area contributed by atoms with Crippen LogP contribution in [-0.2, 0) is 4.79 Å². The summed E-state index contributed by atoms with van der Waals surface area (Å²) >= 11 is 2.22. The molecule has 2 aliphatic rings. The van der Waals surface area contributed by atoms with E-state index >= 15 is 0 Å². The third kappa shape index (κ3) is 2.49. The van der Waals surface area contributed by atoms with Crippen LogP contribution in [0.5, 0.6) is 0 Å². The lowest BCUT2D eigenvalue weighted by Crippen LogP contribution is -2.36. The monoisotopic (exact) mass is 465 g/mol. The van der Waals surface area contributed by atoms with Gasteiger partial charge in [-0.3, -0.25) is 4.79 Å². The van der Waals surface area contributed by atoms with Crippen LogP contribution in [0.3, 0.4) is 0 Å². The Bertz CT molecular complexity index is 1030. The standard InChI is InChI=1S/C22H16IN3O/c1-14(27)20-19(16-6-4-7-17(23)11-16)22(12-24,13-25)21-18-8-3-2-5-15(18)9-10-26(20)21/h2-11,19-21H,1H3/t19-,20-,21-/m1/s1. The van der Waals surface area contributed by atoms with Crippen LogP contribution in [0.25, 0.3) is 6.08 Å². The molecule has 2 aromatic carbocycles. The maximum absolute atomic E-state index is 12.7. The van der Waals surface area contributed by atoms with Gasteiger partial charge in [0.1, 0.15) is 0 Å². The summed E-state index contributed by atoms with van der Waals surface area (Å²) in [6.45, 7) is 1.54. The number of carbonyl (C=O) groups excluding carboxylic acids is 1. The minimum absolute atomic E-state index is 0.0414. The highest BCUT2D eigenvalue weighted by Gasteiger charge is 2.63. The summed E-state index contributed by atoms with van der Waals surface area (Å²) in [6, 6.07) is 19.2. The zero-order valence-corrected chi connectivity index (χ0v) is 16.8. The van der Waals surface area contributed by atoms with Crippen molar-refractivity contribution in [2.75, 3.05) is 0 Å². The first-order valence-electron chi connectivity index (χ1n) is 8.66. The van der Waals surface area contributed by atoms with Gasteiger partial charge in [-0.25, -0.2) is 0 Å². The molecule has 1 saturated heterocycles. The zero-order chi connectivity index (χ0) is 19.2. The normalized spacial score (nSPS) is 24.4. The number of hydrogen-bond acceptors (Lipinski definition) is 4. The third-order valence-electron chi connectivity index (χ3n) is 5.57. The summed E-state index contributed by atoms with van der Waals surface area (Å²) in [5.74, 6) is -0.569. The van der Waals surface area contributed by atoms with E-state index in [9.17, 15) is 15.3 Å². The van der Waals surface area contributed by atoms with Crippen LogP contribution < -0.4 is 0 Å². The van der Waals surface area contributed by atoms with Gasteiger partial charge in [0, 0.05) is 15.7 Å². The Kier molecular flexibility index (Phi) is 4.28. The first kappa shape index (κ1) is 17.8. The summed E-state index contributed by atoms with van der Waals surface area (Å²) in [6.07, 6.45) is 3.83. The number of rotatable bonds is 2. The van der Waals surface area contributed by atoms with Crippen LogP contribution >= 0.6 is 22.6 Å². The SMILES string of the molecule is CC(=O)[C@@H]1[C@@H](c2cccc(I)c2)C(C#N)(C#N)[C@H]2c3ccccc3C=CN12. The first-order valence-corrected chi connectivity index (χ1v) is 9.74. The smallest absolute Gasteiger partial charge is 0.177 e. The first-order chi connectivity index (χ1) is 13.0. The Hall–Kier alpha value is -2.64. The topological polar surface area (TPSA) is 67.9 Å². The van der Waals surface area contributed by atoms with Crippen molar-refractivity contribution >= 4 is 34.5 Å². The van der Waals surface area contributed by atoms with E-state index in [4.69, 9.17) is 0 Å². The number of fused-ring (bicyclic) bond motifs is 3.